The van der Waals surface area contributed by atoms with E-state index in [1.807, 2.05) is 31.3 Å². The second kappa shape index (κ2) is 11.5. The monoisotopic (exact) mass is 542 g/mol. The summed E-state index contributed by atoms with van der Waals surface area (Å²) in [5, 5.41) is 20.2. The molecule has 3 aromatic heterocycles. The van der Waals surface area contributed by atoms with Crippen LogP contribution in [0, 0.1) is 5.82 Å². The van der Waals surface area contributed by atoms with Crippen LogP contribution in [0.25, 0.3) is 16.9 Å². The Morgan fingerprint density at radius 1 is 1.07 bits per heavy atom. The van der Waals surface area contributed by atoms with Gasteiger partial charge in [0.1, 0.15) is 23.3 Å². The molecule has 5 aromatic rings. The molecule has 2 aromatic carbocycles. The maximum atomic E-state index is 14.7. The number of anilines is 1. The zero-order chi connectivity index (χ0) is 28.2. The quantitative estimate of drug-likeness (QED) is 0.262. The molecular formula is C29H27FN6O4. The average molecular weight is 543 g/mol. The highest BCUT2D eigenvalue weighted by Crippen LogP contribution is 2.23. The number of imidazole rings is 1. The summed E-state index contributed by atoms with van der Waals surface area (Å²) in [6.45, 7) is 0.0448. The third-order valence-electron chi connectivity index (χ3n) is 6.52. The maximum Gasteiger partial charge on any atom is 0.274 e. The van der Waals surface area contributed by atoms with Gasteiger partial charge in [0, 0.05) is 37.7 Å². The molecule has 10 nitrogen and oxygen atoms in total. The Morgan fingerprint density at radius 2 is 1.88 bits per heavy atom. The van der Waals surface area contributed by atoms with Crippen LogP contribution in [0.15, 0.2) is 85.3 Å². The molecule has 2 amide bonds. The van der Waals surface area contributed by atoms with E-state index >= 15 is 0 Å². The second-order valence-corrected chi connectivity index (χ2v) is 9.17. The van der Waals surface area contributed by atoms with Crippen molar-refractivity contribution in [3.8, 4) is 11.3 Å². The number of carbonyl (C=O) groups excluding carboxylic acids is 2. The van der Waals surface area contributed by atoms with Crippen molar-refractivity contribution in [2.24, 2.45) is 7.05 Å². The number of aliphatic hydroxyl groups excluding tert-OH is 1. The third kappa shape index (κ3) is 5.46. The first-order valence-corrected chi connectivity index (χ1v) is 12.4. The number of halogens is 1. The molecule has 3 N–H and O–H groups in total. The van der Waals surface area contributed by atoms with E-state index in [1.54, 1.807) is 45.7 Å². The number of nitrogens with zero attached hydrogens (tertiary/aromatic N) is 4. The summed E-state index contributed by atoms with van der Waals surface area (Å²) in [6, 6.07) is 17.2. The van der Waals surface area contributed by atoms with Crippen LogP contribution in [0.4, 0.5) is 10.1 Å². The van der Waals surface area contributed by atoms with Gasteiger partial charge < -0.3 is 20.5 Å². The lowest BCUT2D eigenvalue weighted by Crippen LogP contribution is -2.42. The van der Waals surface area contributed by atoms with Crippen molar-refractivity contribution in [2.75, 3.05) is 19.0 Å². The number of carbonyl (C=O) groups is 2. The second-order valence-electron chi connectivity index (χ2n) is 9.17. The first kappa shape index (κ1) is 26.7. The van der Waals surface area contributed by atoms with Crippen molar-refractivity contribution >= 4 is 23.1 Å². The summed E-state index contributed by atoms with van der Waals surface area (Å²) >= 11 is 0. The third-order valence-corrected chi connectivity index (χ3v) is 6.52. The van der Waals surface area contributed by atoms with Crippen LogP contribution in [0.5, 0.6) is 0 Å². The van der Waals surface area contributed by atoms with Gasteiger partial charge in [-0.3, -0.25) is 18.7 Å². The Kier molecular flexibility index (Phi) is 7.67. The van der Waals surface area contributed by atoms with Gasteiger partial charge in [-0.25, -0.2) is 9.37 Å². The number of ether oxygens (including phenoxy) is 1. The number of methoxy groups -OCH3 is 1. The molecule has 0 saturated carbocycles. The van der Waals surface area contributed by atoms with Crippen molar-refractivity contribution in [2.45, 2.75) is 12.1 Å². The number of pyridine rings is 1. The molecular weight excluding hydrogens is 515 g/mol. The standard InChI is InChI=1S/C29H27FN6O4/c1-35-24(10-12-32-35)19-11-13-36-25(16-31-26(36)15-19)29(39)33-22-14-20(8-9-21(22)30)28(38)34-23(17-40-2)27(37)18-6-4-3-5-7-18/h3-16,23,27,37H,17H2,1-2H3,(H,33,39)(H,34,38)/t23-,27+/m0/s1. The molecule has 0 aliphatic rings. The minimum atomic E-state index is -1.03. The molecule has 2 atom stereocenters. The van der Waals surface area contributed by atoms with Gasteiger partial charge in [-0.1, -0.05) is 30.3 Å². The molecule has 0 fully saturated rings. The summed E-state index contributed by atoms with van der Waals surface area (Å²) in [5.74, 6) is -1.88. The molecule has 3 heterocycles. The van der Waals surface area contributed by atoms with E-state index in [2.05, 4.69) is 20.7 Å². The highest BCUT2D eigenvalue weighted by molar-refractivity contribution is 6.04. The minimum absolute atomic E-state index is 0.0448. The van der Waals surface area contributed by atoms with E-state index in [0.29, 0.717) is 11.2 Å². The first-order chi connectivity index (χ1) is 19.4. The topological polar surface area (TPSA) is 123 Å². The van der Waals surface area contributed by atoms with Crippen LogP contribution in [-0.4, -0.2) is 55.8 Å². The van der Waals surface area contributed by atoms with Gasteiger partial charge in [0.15, 0.2) is 0 Å². The number of aromatic nitrogens is 4. The SMILES string of the molecule is COC[C@H](NC(=O)c1ccc(F)c(NC(=O)c2cnc3cc(-c4ccnn4C)ccn23)c1)[C@H](O)c1ccccc1. The van der Waals surface area contributed by atoms with Crippen LogP contribution in [-0.2, 0) is 11.8 Å². The average Bonchev–Trinajstić information content (AvgIpc) is 3.59. The van der Waals surface area contributed by atoms with E-state index in [-0.39, 0.29) is 23.6 Å². The van der Waals surface area contributed by atoms with Crippen molar-refractivity contribution in [3.05, 3.63) is 108 Å². The highest BCUT2D eigenvalue weighted by atomic mass is 19.1. The normalized spacial score (nSPS) is 12.7. The maximum absolute atomic E-state index is 14.7. The van der Waals surface area contributed by atoms with Crippen molar-refractivity contribution in [1.82, 2.24) is 24.5 Å². The fourth-order valence-corrected chi connectivity index (χ4v) is 4.44. The van der Waals surface area contributed by atoms with Gasteiger partial charge in [0.05, 0.1) is 30.2 Å². The molecule has 0 saturated heterocycles. The number of amides is 2. The number of rotatable bonds is 9. The highest BCUT2D eigenvalue weighted by Gasteiger charge is 2.24. The van der Waals surface area contributed by atoms with Gasteiger partial charge >= 0.3 is 0 Å². The Labute approximate surface area is 229 Å². The van der Waals surface area contributed by atoms with Gasteiger partial charge in [-0.2, -0.15) is 5.10 Å². The zero-order valence-corrected chi connectivity index (χ0v) is 21.8. The number of benzene rings is 2. The molecule has 0 bridgehead atoms. The first-order valence-electron chi connectivity index (χ1n) is 12.4. The molecule has 0 spiro atoms. The number of nitrogens with one attached hydrogen (secondary N) is 2. The molecule has 204 valence electrons. The van der Waals surface area contributed by atoms with Crippen molar-refractivity contribution in [1.29, 1.82) is 0 Å². The van der Waals surface area contributed by atoms with Crippen LogP contribution >= 0.6 is 0 Å². The van der Waals surface area contributed by atoms with Gasteiger partial charge in [0.25, 0.3) is 11.8 Å². The largest absolute Gasteiger partial charge is 0.386 e. The molecule has 0 unspecified atom stereocenters. The van der Waals surface area contributed by atoms with E-state index in [0.717, 1.165) is 17.3 Å². The molecule has 40 heavy (non-hydrogen) atoms. The predicted octanol–water partition coefficient (Wildman–Crippen LogP) is 3.60. The lowest BCUT2D eigenvalue weighted by molar-refractivity contribution is 0.0594. The van der Waals surface area contributed by atoms with Gasteiger partial charge in [0.2, 0.25) is 0 Å². The fourth-order valence-electron chi connectivity index (χ4n) is 4.44. The van der Waals surface area contributed by atoms with E-state index < -0.39 is 29.8 Å². The fraction of sp³-hybridized carbons (Fsp3) is 0.172. The van der Waals surface area contributed by atoms with Crippen LogP contribution in [0.2, 0.25) is 0 Å². The Bertz CT molecular complexity index is 1670. The number of hydrogen-bond acceptors (Lipinski definition) is 6. The van der Waals surface area contributed by atoms with E-state index in [1.165, 1.54) is 25.4 Å². The molecule has 5 rings (SSSR count). The number of aliphatic hydroxyl groups is 1. The molecule has 0 aliphatic heterocycles. The minimum Gasteiger partial charge on any atom is -0.386 e. The molecule has 0 radical (unpaired) electrons. The summed E-state index contributed by atoms with van der Waals surface area (Å²) < 4.78 is 23.2. The van der Waals surface area contributed by atoms with Gasteiger partial charge in [-0.15, -0.1) is 0 Å². The number of aryl methyl sites for hydroxylation is 1. The Hall–Kier alpha value is -4.87. The predicted molar refractivity (Wildman–Crippen MR) is 146 cm³/mol. The number of hydrogen-bond donors (Lipinski definition) is 3. The zero-order valence-electron chi connectivity index (χ0n) is 21.8. The smallest absolute Gasteiger partial charge is 0.274 e. The molecule has 11 heteroatoms. The lowest BCUT2D eigenvalue weighted by atomic mass is 10.0. The summed E-state index contributed by atoms with van der Waals surface area (Å²) in [6.07, 6.45) is 3.76. The number of fused-ring (bicyclic) bond motifs is 1. The summed E-state index contributed by atoms with van der Waals surface area (Å²) in [5.41, 5.74) is 3.00. The summed E-state index contributed by atoms with van der Waals surface area (Å²) in [7, 11) is 3.29. The van der Waals surface area contributed by atoms with Crippen molar-refractivity contribution in [3.63, 3.8) is 0 Å². The Balaban J connectivity index is 1.33. The van der Waals surface area contributed by atoms with Crippen molar-refractivity contribution < 1.29 is 23.8 Å². The molecule has 0 aliphatic carbocycles. The lowest BCUT2D eigenvalue weighted by Gasteiger charge is -2.24. The Morgan fingerprint density at radius 3 is 2.60 bits per heavy atom. The van der Waals surface area contributed by atoms with Crippen LogP contribution in [0.3, 0.4) is 0 Å². The van der Waals surface area contributed by atoms with Gasteiger partial charge in [-0.05, 0) is 42.0 Å². The van der Waals surface area contributed by atoms with E-state index in [4.69, 9.17) is 4.74 Å². The van der Waals surface area contributed by atoms with E-state index in [9.17, 15) is 19.1 Å². The summed E-state index contributed by atoms with van der Waals surface area (Å²) in [4.78, 5) is 30.5. The van der Waals surface area contributed by atoms with Crippen LogP contribution < -0.4 is 10.6 Å². The van der Waals surface area contributed by atoms with Crippen LogP contribution in [0.1, 0.15) is 32.5 Å².